The largest absolute Gasteiger partial charge is 0.409 e. The number of aromatic nitrogens is 2. The molecule has 0 saturated carbocycles. The third-order valence-electron chi connectivity index (χ3n) is 2.56. The van der Waals surface area contributed by atoms with Crippen molar-refractivity contribution in [1.82, 2.24) is 9.78 Å². The molecule has 0 atom stereocenters. The zero-order valence-electron chi connectivity index (χ0n) is 11.3. The summed E-state index contributed by atoms with van der Waals surface area (Å²) in [6.45, 7) is 2.07. The minimum atomic E-state index is 0.132. The normalized spacial score (nSPS) is 11.8. The lowest BCUT2D eigenvalue weighted by atomic mass is 10.2. The standard InChI is InChI=1S/C13H16N4OS2/c1-3-19-10-5-4-6-11(12(10)13(14)16-18)20-9-7-15-17(2)8-9/h4-8,18H,3H2,1-2H3,(H2,14,16). The Bertz CT molecular complexity index is 625. The highest BCUT2D eigenvalue weighted by Crippen LogP contribution is 2.35. The molecule has 2 aromatic rings. The number of thioether (sulfide) groups is 1. The molecule has 0 unspecified atom stereocenters. The molecule has 3 N–H and O–H groups in total. The number of hydrogen-bond donors (Lipinski definition) is 2. The van der Waals surface area contributed by atoms with E-state index in [-0.39, 0.29) is 5.84 Å². The molecule has 7 heteroatoms. The van der Waals surface area contributed by atoms with Crippen LogP contribution in [-0.2, 0) is 7.05 Å². The zero-order valence-corrected chi connectivity index (χ0v) is 12.9. The highest BCUT2D eigenvalue weighted by molar-refractivity contribution is 8.00. The Morgan fingerprint density at radius 3 is 2.80 bits per heavy atom. The van der Waals surface area contributed by atoms with E-state index in [0.29, 0.717) is 0 Å². The van der Waals surface area contributed by atoms with E-state index in [9.17, 15) is 0 Å². The molecular weight excluding hydrogens is 292 g/mol. The summed E-state index contributed by atoms with van der Waals surface area (Å²) in [4.78, 5) is 2.97. The Morgan fingerprint density at radius 2 is 2.20 bits per heavy atom. The van der Waals surface area contributed by atoms with Crippen molar-refractivity contribution in [3.63, 3.8) is 0 Å². The topological polar surface area (TPSA) is 76.4 Å². The summed E-state index contributed by atoms with van der Waals surface area (Å²) in [7, 11) is 1.87. The van der Waals surface area contributed by atoms with Crippen molar-refractivity contribution in [3.8, 4) is 0 Å². The van der Waals surface area contributed by atoms with Crippen LogP contribution in [-0.4, -0.2) is 26.6 Å². The van der Waals surface area contributed by atoms with E-state index in [1.165, 1.54) is 0 Å². The lowest BCUT2D eigenvalue weighted by molar-refractivity contribution is 0.318. The SMILES string of the molecule is CCSc1cccc(Sc2cnn(C)c2)c1/C(N)=N/O. The van der Waals surface area contributed by atoms with Crippen LogP contribution in [0.15, 0.2) is 50.4 Å². The van der Waals surface area contributed by atoms with Gasteiger partial charge in [-0.25, -0.2) is 0 Å². The molecule has 1 heterocycles. The highest BCUT2D eigenvalue weighted by atomic mass is 32.2. The second-order valence-corrected chi connectivity index (χ2v) is 6.42. The first kappa shape index (κ1) is 14.8. The van der Waals surface area contributed by atoms with E-state index >= 15 is 0 Å². The summed E-state index contributed by atoms with van der Waals surface area (Å²) in [5, 5.41) is 16.3. The van der Waals surface area contributed by atoms with Gasteiger partial charge < -0.3 is 10.9 Å². The predicted molar refractivity (Wildman–Crippen MR) is 82.7 cm³/mol. The van der Waals surface area contributed by atoms with E-state index in [1.54, 1.807) is 34.4 Å². The van der Waals surface area contributed by atoms with E-state index < -0.39 is 0 Å². The van der Waals surface area contributed by atoms with Crippen molar-refractivity contribution in [2.45, 2.75) is 21.6 Å². The fourth-order valence-corrected chi connectivity index (χ4v) is 3.68. The van der Waals surface area contributed by atoms with Crippen LogP contribution in [0.3, 0.4) is 0 Å². The van der Waals surface area contributed by atoms with E-state index in [1.807, 2.05) is 31.4 Å². The first-order chi connectivity index (χ1) is 9.65. The Morgan fingerprint density at radius 1 is 1.45 bits per heavy atom. The van der Waals surface area contributed by atoms with Crippen molar-refractivity contribution < 1.29 is 5.21 Å². The second kappa shape index (κ2) is 6.71. The molecule has 106 valence electrons. The Kier molecular flexibility index (Phi) is 4.97. The summed E-state index contributed by atoms with van der Waals surface area (Å²) in [6.07, 6.45) is 3.72. The molecule has 2 rings (SSSR count). The summed E-state index contributed by atoms with van der Waals surface area (Å²) in [5.41, 5.74) is 6.61. The molecule has 1 aromatic carbocycles. The van der Waals surface area contributed by atoms with Crippen LogP contribution in [0.2, 0.25) is 0 Å². The number of hydrogen-bond acceptors (Lipinski definition) is 5. The third-order valence-corrected chi connectivity index (χ3v) is 4.51. The molecule has 0 radical (unpaired) electrons. The molecule has 0 aliphatic heterocycles. The van der Waals surface area contributed by atoms with Crippen molar-refractivity contribution in [2.75, 3.05) is 5.75 Å². The monoisotopic (exact) mass is 308 g/mol. The van der Waals surface area contributed by atoms with Crippen molar-refractivity contribution in [2.24, 2.45) is 17.9 Å². The Balaban J connectivity index is 2.43. The second-order valence-electron chi connectivity index (χ2n) is 4.00. The number of nitrogens with zero attached hydrogens (tertiary/aromatic N) is 3. The van der Waals surface area contributed by atoms with Gasteiger partial charge in [-0.05, 0) is 17.9 Å². The number of rotatable bonds is 5. The highest BCUT2D eigenvalue weighted by Gasteiger charge is 2.14. The number of amidine groups is 1. The lowest BCUT2D eigenvalue weighted by Gasteiger charge is -2.11. The summed E-state index contributed by atoms with van der Waals surface area (Å²) in [6, 6.07) is 5.92. The number of benzene rings is 1. The summed E-state index contributed by atoms with van der Waals surface area (Å²) in [5.74, 6) is 1.06. The van der Waals surface area contributed by atoms with Crippen LogP contribution in [0.1, 0.15) is 12.5 Å². The van der Waals surface area contributed by atoms with Gasteiger partial charge in [0.2, 0.25) is 0 Å². The van der Waals surface area contributed by atoms with Gasteiger partial charge in [-0.2, -0.15) is 5.10 Å². The average molecular weight is 308 g/mol. The molecule has 5 nitrogen and oxygen atoms in total. The van der Waals surface area contributed by atoms with E-state index in [0.717, 1.165) is 26.0 Å². The predicted octanol–water partition coefficient (Wildman–Crippen LogP) is 2.78. The van der Waals surface area contributed by atoms with E-state index in [4.69, 9.17) is 10.9 Å². The van der Waals surface area contributed by atoms with Gasteiger partial charge in [0.15, 0.2) is 5.84 Å². The smallest absolute Gasteiger partial charge is 0.172 e. The van der Waals surface area contributed by atoms with Crippen LogP contribution in [0.5, 0.6) is 0 Å². The lowest BCUT2D eigenvalue weighted by Crippen LogP contribution is -2.15. The molecule has 20 heavy (non-hydrogen) atoms. The Hall–Kier alpha value is -1.60. The number of oxime groups is 1. The van der Waals surface area contributed by atoms with Gasteiger partial charge in [0.25, 0.3) is 0 Å². The third kappa shape index (κ3) is 3.29. The van der Waals surface area contributed by atoms with Gasteiger partial charge in [-0.1, -0.05) is 29.9 Å². The summed E-state index contributed by atoms with van der Waals surface area (Å²) >= 11 is 3.22. The molecule has 0 aliphatic rings. The maximum absolute atomic E-state index is 9.00. The van der Waals surface area contributed by atoms with Crippen LogP contribution < -0.4 is 5.73 Å². The first-order valence-electron chi connectivity index (χ1n) is 6.06. The van der Waals surface area contributed by atoms with Gasteiger partial charge >= 0.3 is 0 Å². The van der Waals surface area contributed by atoms with Crippen LogP contribution >= 0.6 is 23.5 Å². The van der Waals surface area contributed by atoms with Crippen LogP contribution in [0, 0.1) is 0 Å². The molecule has 0 aliphatic carbocycles. The minimum absolute atomic E-state index is 0.132. The maximum atomic E-state index is 9.00. The van der Waals surface area contributed by atoms with Crippen LogP contribution in [0.4, 0.5) is 0 Å². The zero-order chi connectivity index (χ0) is 14.5. The molecule has 0 bridgehead atoms. The van der Waals surface area contributed by atoms with Crippen molar-refractivity contribution in [3.05, 3.63) is 36.2 Å². The first-order valence-corrected chi connectivity index (χ1v) is 7.86. The molecule has 1 aromatic heterocycles. The van der Waals surface area contributed by atoms with E-state index in [2.05, 4.69) is 17.2 Å². The molecule has 0 amide bonds. The van der Waals surface area contributed by atoms with Crippen molar-refractivity contribution >= 4 is 29.4 Å². The molecule has 0 spiro atoms. The molecular formula is C13H16N4OS2. The average Bonchev–Trinajstić information content (AvgIpc) is 2.84. The summed E-state index contributed by atoms with van der Waals surface area (Å²) < 4.78 is 1.75. The fraction of sp³-hybridized carbons (Fsp3) is 0.231. The van der Waals surface area contributed by atoms with Gasteiger partial charge in [-0.15, -0.1) is 11.8 Å². The van der Waals surface area contributed by atoms with Gasteiger partial charge in [0.1, 0.15) is 0 Å². The minimum Gasteiger partial charge on any atom is -0.409 e. The van der Waals surface area contributed by atoms with Gasteiger partial charge in [0.05, 0.1) is 11.1 Å². The molecule has 0 fully saturated rings. The van der Waals surface area contributed by atoms with Crippen LogP contribution in [0.25, 0.3) is 0 Å². The Labute approximate surface area is 126 Å². The number of nitrogens with two attached hydrogens (primary N) is 1. The fourth-order valence-electron chi connectivity index (χ4n) is 1.75. The molecule has 0 saturated heterocycles. The van der Waals surface area contributed by atoms with Crippen molar-refractivity contribution in [1.29, 1.82) is 0 Å². The maximum Gasteiger partial charge on any atom is 0.172 e. The quantitative estimate of drug-likeness (QED) is 0.292. The van der Waals surface area contributed by atoms with Gasteiger partial charge in [0, 0.05) is 28.6 Å². The number of aryl methyl sites for hydroxylation is 1. The van der Waals surface area contributed by atoms with Gasteiger partial charge in [-0.3, -0.25) is 4.68 Å².